The molecule has 0 aliphatic carbocycles. The van der Waals surface area contributed by atoms with E-state index in [1.165, 1.54) is 0 Å². The van der Waals surface area contributed by atoms with Crippen LogP contribution in [0.25, 0.3) is 0 Å². The number of hydrogen-bond acceptors (Lipinski definition) is 5. The number of nitrogens with one attached hydrogen (secondary N) is 3. The third kappa shape index (κ3) is 13.4. The van der Waals surface area contributed by atoms with Gasteiger partial charge >= 0.3 is 0 Å². The van der Waals surface area contributed by atoms with Crippen LogP contribution in [0.4, 0.5) is 0 Å². The van der Waals surface area contributed by atoms with Crippen molar-refractivity contribution in [2.45, 2.75) is 6.92 Å². The molecular formula is C14H34N5Re-. The second-order valence-corrected chi connectivity index (χ2v) is 4.73. The summed E-state index contributed by atoms with van der Waals surface area (Å²) in [7, 11) is 3.99. The Morgan fingerprint density at radius 3 is 1.70 bits per heavy atom. The summed E-state index contributed by atoms with van der Waals surface area (Å²) < 4.78 is 0. The van der Waals surface area contributed by atoms with E-state index in [-0.39, 0.29) is 20.4 Å². The van der Waals surface area contributed by atoms with Crippen molar-refractivity contribution in [3.8, 4) is 0 Å². The predicted molar refractivity (Wildman–Crippen MR) is 84.6 cm³/mol. The molecule has 20 heavy (non-hydrogen) atoms. The molecule has 0 unspecified atom stereocenters. The molecule has 0 aromatic carbocycles. The van der Waals surface area contributed by atoms with Crippen LogP contribution in [-0.4, -0.2) is 89.3 Å². The Balaban J connectivity index is 0. The van der Waals surface area contributed by atoms with Crippen molar-refractivity contribution < 1.29 is 20.4 Å². The summed E-state index contributed by atoms with van der Waals surface area (Å²) in [6.45, 7) is 16.8. The maximum absolute atomic E-state index is 3.97. The summed E-state index contributed by atoms with van der Waals surface area (Å²) >= 11 is 0. The third-order valence-electron chi connectivity index (χ3n) is 3.33. The van der Waals surface area contributed by atoms with Crippen molar-refractivity contribution in [3.63, 3.8) is 0 Å². The number of rotatable bonds is 14. The minimum Gasteiger partial charge on any atom is -0.330 e. The third-order valence-corrected chi connectivity index (χ3v) is 3.33. The van der Waals surface area contributed by atoms with Crippen LogP contribution in [0.5, 0.6) is 0 Å². The van der Waals surface area contributed by atoms with Gasteiger partial charge in [0.15, 0.2) is 0 Å². The van der Waals surface area contributed by atoms with E-state index in [1.54, 1.807) is 0 Å². The van der Waals surface area contributed by atoms with Crippen molar-refractivity contribution in [3.05, 3.63) is 6.92 Å². The second-order valence-electron chi connectivity index (χ2n) is 4.73. The summed E-state index contributed by atoms with van der Waals surface area (Å²) in [5.41, 5.74) is 0. The molecule has 5 nitrogen and oxygen atoms in total. The van der Waals surface area contributed by atoms with Gasteiger partial charge < -0.3 is 32.7 Å². The van der Waals surface area contributed by atoms with Crippen molar-refractivity contribution in [1.82, 2.24) is 25.8 Å². The standard InChI is InChI=1S/C14H34N5.Re/c1-5-18(11-7-15-3)13-9-17-10-14-19(6-2)12-8-16-4;/h15-17H,1,5-14H2,2-4H3;/q-1;. The summed E-state index contributed by atoms with van der Waals surface area (Å²) in [6.07, 6.45) is 0. The fourth-order valence-electron chi connectivity index (χ4n) is 1.90. The van der Waals surface area contributed by atoms with Gasteiger partial charge in [0.1, 0.15) is 0 Å². The summed E-state index contributed by atoms with van der Waals surface area (Å²) in [5.74, 6) is 0. The topological polar surface area (TPSA) is 42.6 Å². The minimum absolute atomic E-state index is 0. The maximum Gasteiger partial charge on any atom is 0.0107 e. The van der Waals surface area contributed by atoms with E-state index in [4.69, 9.17) is 0 Å². The second kappa shape index (κ2) is 17.5. The Kier molecular flexibility index (Phi) is 19.9. The summed E-state index contributed by atoms with van der Waals surface area (Å²) in [4.78, 5) is 4.83. The van der Waals surface area contributed by atoms with Gasteiger partial charge in [0.25, 0.3) is 0 Å². The van der Waals surface area contributed by atoms with Crippen molar-refractivity contribution in [2.24, 2.45) is 0 Å². The van der Waals surface area contributed by atoms with E-state index in [2.05, 4.69) is 39.6 Å². The van der Waals surface area contributed by atoms with E-state index in [9.17, 15) is 0 Å². The predicted octanol–water partition coefficient (Wildman–Crippen LogP) is -0.530. The molecule has 1 radical (unpaired) electrons. The van der Waals surface area contributed by atoms with Gasteiger partial charge in [-0.3, -0.25) is 0 Å². The molecule has 0 atom stereocenters. The first-order valence-corrected chi connectivity index (χ1v) is 7.52. The average molecular weight is 459 g/mol. The SMILES string of the molecule is [CH2-]CN(CCNC)CCNCCN(CC)CCNC.[Re]. The Hall–Kier alpha value is 0.462. The zero-order valence-electron chi connectivity index (χ0n) is 13.6. The maximum atomic E-state index is 3.97. The largest absolute Gasteiger partial charge is 0.330 e. The van der Waals surface area contributed by atoms with Gasteiger partial charge in [-0.1, -0.05) is 6.92 Å². The normalized spacial score (nSPS) is 11.1. The quantitative estimate of drug-likeness (QED) is 0.241. The molecule has 0 spiro atoms. The molecule has 0 heterocycles. The summed E-state index contributed by atoms with van der Waals surface area (Å²) in [6, 6.07) is 0. The monoisotopic (exact) mass is 459 g/mol. The Morgan fingerprint density at radius 2 is 1.25 bits per heavy atom. The smallest absolute Gasteiger partial charge is 0.0107 e. The van der Waals surface area contributed by atoms with Gasteiger partial charge in [0.05, 0.1) is 0 Å². The van der Waals surface area contributed by atoms with Crippen molar-refractivity contribution in [2.75, 3.05) is 79.5 Å². The molecule has 3 N–H and O–H groups in total. The van der Waals surface area contributed by atoms with Crippen molar-refractivity contribution >= 4 is 0 Å². The number of nitrogens with zero attached hydrogens (tertiary/aromatic N) is 2. The van der Waals surface area contributed by atoms with Crippen LogP contribution >= 0.6 is 0 Å². The van der Waals surface area contributed by atoms with E-state index in [1.807, 2.05) is 14.1 Å². The Morgan fingerprint density at radius 1 is 0.800 bits per heavy atom. The minimum atomic E-state index is 0. The molecule has 0 aliphatic heterocycles. The zero-order valence-corrected chi connectivity index (χ0v) is 16.3. The van der Waals surface area contributed by atoms with Crippen LogP contribution in [0, 0.1) is 6.92 Å². The molecule has 0 aromatic rings. The molecule has 0 amide bonds. The van der Waals surface area contributed by atoms with Gasteiger partial charge in [-0.25, -0.2) is 0 Å². The number of likely N-dealkylation sites (N-methyl/N-ethyl adjacent to an activating group) is 3. The van der Waals surface area contributed by atoms with E-state index >= 15 is 0 Å². The van der Waals surface area contributed by atoms with E-state index in [0.717, 1.165) is 65.4 Å². The zero-order chi connectivity index (χ0) is 14.3. The van der Waals surface area contributed by atoms with Gasteiger partial charge in [0.2, 0.25) is 0 Å². The fraction of sp³-hybridized carbons (Fsp3) is 0.929. The molecule has 0 saturated carbocycles. The van der Waals surface area contributed by atoms with Crippen molar-refractivity contribution in [1.29, 1.82) is 0 Å². The van der Waals surface area contributed by atoms with Gasteiger partial charge in [-0.05, 0) is 20.6 Å². The van der Waals surface area contributed by atoms with Crippen LogP contribution in [0.2, 0.25) is 0 Å². The van der Waals surface area contributed by atoms with Gasteiger partial charge in [-0.2, -0.15) is 0 Å². The molecule has 123 valence electrons. The van der Waals surface area contributed by atoms with Gasteiger partial charge in [0, 0.05) is 72.8 Å². The van der Waals surface area contributed by atoms with E-state index in [0.29, 0.717) is 0 Å². The average Bonchev–Trinajstić information content (AvgIpc) is 2.45. The molecule has 6 heteroatoms. The fourth-order valence-corrected chi connectivity index (χ4v) is 1.90. The molecule has 0 saturated heterocycles. The van der Waals surface area contributed by atoms with Crippen LogP contribution < -0.4 is 16.0 Å². The first-order chi connectivity index (χ1) is 9.28. The molecule has 0 rings (SSSR count). The Bertz CT molecular complexity index is 165. The summed E-state index contributed by atoms with van der Waals surface area (Å²) in [5, 5.41) is 9.88. The van der Waals surface area contributed by atoms with Crippen LogP contribution in [0.1, 0.15) is 6.92 Å². The van der Waals surface area contributed by atoms with Gasteiger partial charge in [-0.15, -0.1) is 6.54 Å². The molecule has 0 fully saturated rings. The van der Waals surface area contributed by atoms with Crippen LogP contribution in [0.3, 0.4) is 0 Å². The number of hydrogen-bond donors (Lipinski definition) is 3. The van der Waals surface area contributed by atoms with Crippen LogP contribution in [0.15, 0.2) is 0 Å². The molecule has 0 bridgehead atoms. The first-order valence-electron chi connectivity index (χ1n) is 7.52. The Labute approximate surface area is 139 Å². The molecule has 0 aromatic heterocycles. The molecule has 0 aliphatic rings. The van der Waals surface area contributed by atoms with E-state index < -0.39 is 0 Å². The van der Waals surface area contributed by atoms with Crippen LogP contribution in [-0.2, 0) is 20.4 Å². The first kappa shape index (κ1) is 22.7. The molecular weight excluding hydrogens is 424 g/mol.